The molecule has 0 radical (unpaired) electrons. The Kier molecular flexibility index (Phi) is 2.69. The fourth-order valence-electron chi connectivity index (χ4n) is 0.151. The van der Waals surface area contributed by atoms with Crippen LogP contribution in [-0.4, -0.2) is 21.0 Å². The fourth-order valence-corrected chi connectivity index (χ4v) is 0.151. The van der Waals surface area contributed by atoms with Crippen LogP contribution in [0.3, 0.4) is 0 Å². The zero-order valence-corrected chi connectivity index (χ0v) is 7.44. The average Bonchev–Trinajstić information content (AvgIpc) is 1.64. The van der Waals surface area contributed by atoms with E-state index in [1.165, 1.54) is 6.92 Å². The van der Waals surface area contributed by atoms with E-state index in [-0.39, 0.29) is 9.89 Å². The second-order valence-corrected chi connectivity index (χ2v) is 2.82. The van der Waals surface area contributed by atoms with Crippen molar-refractivity contribution in [2.24, 2.45) is 0 Å². The van der Waals surface area contributed by atoms with E-state index < -0.39 is 5.97 Å². The Bertz CT molecular complexity index is 133. The van der Waals surface area contributed by atoms with E-state index in [1.807, 2.05) is 0 Å². The van der Waals surface area contributed by atoms with Gasteiger partial charge in [0.2, 0.25) is 0 Å². The molecule has 0 fully saturated rings. The Morgan fingerprint density at radius 3 is 1.88 bits per heavy atom. The molecule has 0 aromatic heterocycles. The van der Waals surface area contributed by atoms with Crippen molar-refractivity contribution in [1.29, 1.82) is 0 Å². The third-order valence-electron chi connectivity index (χ3n) is 0.683. The topological polar surface area (TPSA) is 54.4 Å². The van der Waals surface area contributed by atoms with E-state index in [4.69, 9.17) is 5.11 Å². The molecule has 0 aliphatic rings. The van der Waals surface area contributed by atoms with Crippen LogP contribution in [0.5, 0.6) is 0 Å². The molecule has 0 aromatic carbocycles. The Morgan fingerprint density at radius 1 is 1.50 bits per heavy atom. The minimum atomic E-state index is -1.09. The fraction of sp³-hybridized carbons (Fsp3) is 0.250. The molecule has 3 nitrogen and oxygen atoms in total. The summed E-state index contributed by atoms with van der Waals surface area (Å²) in [5, 5.41) is 8.13. The molecular formula is C4H4O3Zn. The number of carbonyl (C=O) groups excluding carboxylic acids is 1. The van der Waals surface area contributed by atoms with Crippen LogP contribution in [0.4, 0.5) is 0 Å². The molecule has 0 saturated carbocycles. The maximum absolute atomic E-state index is 10.2. The summed E-state index contributed by atoms with van der Waals surface area (Å²) in [6, 6.07) is 0. The van der Waals surface area contributed by atoms with Crippen LogP contribution >= 0.6 is 0 Å². The predicted octanol–water partition coefficient (Wildman–Crippen LogP) is -0.621. The molecule has 0 spiro atoms. The van der Waals surface area contributed by atoms with E-state index in [1.54, 1.807) is 0 Å². The van der Waals surface area contributed by atoms with Crippen LogP contribution in [0.25, 0.3) is 0 Å². The standard InChI is InChI=1S/C4H4O3.Zn/c1-3(5)2-4(6)7;/h1H3,(H,6,7);. The number of carbonyl (C=O) groups is 2. The van der Waals surface area contributed by atoms with Crippen molar-refractivity contribution < 1.29 is 32.5 Å². The monoisotopic (exact) mass is 164 g/mol. The number of hydrogen-bond acceptors (Lipinski definition) is 2. The van der Waals surface area contributed by atoms with Gasteiger partial charge in [-0.25, -0.2) is 0 Å². The van der Waals surface area contributed by atoms with Crippen LogP contribution < -0.4 is 0 Å². The summed E-state index contributed by atoms with van der Waals surface area (Å²) in [5.41, 5.74) is 0. The van der Waals surface area contributed by atoms with Gasteiger partial charge in [0.15, 0.2) is 0 Å². The van der Waals surface area contributed by atoms with Crippen LogP contribution in [0.15, 0.2) is 0 Å². The Labute approximate surface area is 55.9 Å². The van der Waals surface area contributed by atoms with Crippen molar-refractivity contribution in [2.75, 3.05) is 0 Å². The first-order valence-electron chi connectivity index (χ1n) is 1.99. The summed E-state index contributed by atoms with van der Waals surface area (Å²) in [5.74, 6) is -1.42. The molecule has 0 bridgehead atoms. The van der Waals surface area contributed by atoms with Gasteiger partial charge in [-0.3, -0.25) is 0 Å². The molecule has 0 saturated heterocycles. The van der Waals surface area contributed by atoms with Gasteiger partial charge >= 0.3 is 55.3 Å². The number of rotatable bonds is 2. The summed E-state index contributed by atoms with van der Waals surface area (Å²) in [7, 11) is 0. The summed E-state index contributed by atoms with van der Waals surface area (Å²) >= 11 is 0.421. The third kappa shape index (κ3) is 2.08. The molecule has 0 atom stereocenters. The zero-order chi connectivity index (χ0) is 6.73. The van der Waals surface area contributed by atoms with Crippen molar-refractivity contribution >= 4 is 15.9 Å². The van der Waals surface area contributed by atoms with Gasteiger partial charge in [0, 0.05) is 0 Å². The molecule has 4 heteroatoms. The Balaban J connectivity index is 4.05. The van der Waals surface area contributed by atoms with E-state index in [9.17, 15) is 9.59 Å². The van der Waals surface area contributed by atoms with Crippen LogP contribution in [0.2, 0.25) is 0 Å². The molecule has 0 aliphatic carbocycles. The first kappa shape index (κ1) is 7.63. The van der Waals surface area contributed by atoms with E-state index in [0.29, 0.717) is 17.9 Å². The summed E-state index contributed by atoms with van der Waals surface area (Å²) in [6.07, 6.45) is 0. The quantitative estimate of drug-likeness (QED) is 0.438. The molecule has 40 valence electrons. The average molecular weight is 165 g/mol. The van der Waals surface area contributed by atoms with Crippen molar-refractivity contribution in [3.63, 3.8) is 0 Å². The van der Waals surface area contributed by atoms with Gasteiger partial charge in [-0.05, 0) is 0 Å². The van der Waals surface area contributed by atoms with Gasteiger partial charge < -0.3 is 0 Å². The second-order valence-electron chi connectivity index (χ2n) is 1.34. The molecule has 0 aromatic rings. The SMILES string of the molecule is CC(=O)[C](=[Zn])C(=O)O. The van der Waals surface area contributed by atoms with Gasteiger partial charge in [0.05, 0.1) is 0 Å². The predicted molar refractivity (Wildman–Crippen MR) is 23.3 cm³/mol. The number of hydrogen-bond donors (Lipinski definition) is 1. The third-order valence-corrected chi connectivity index (χ3v) is 2.36. The zero-order valence-electron chi connectivity index (χ0n) is 4.47. The first-order valence-corrected chi connectivity index (χ1v) is 3.47. The summed E-state index contributed by atoms with van der Waals surface area (Å²) < 4.78 is 0.00463. The number of aliphatic carboxylic acids is 1. The Morgan fingerprint density at radius 2 is 1.88 bits per heavy atom. The number of carboxylic acids is 1. The van der Waals surface area contributed by atoms with E-state index >= 15 is 0 Å². The van der Waals surface area contributed by atoms with Gasteiger partial charge in [0.25, 0.3) is 0 Å². The van der Waals surface area contributed by atoms with Crippen LogP contribution in [0.1, 0.15) is 6.92 Å². The number of ketones is 1. The maximum atomic E-state index is 10.2. The van der Waals surface area contributed by atoms with Crippen molar-refractivity contribution in [2.45, 2.75) is 6.92 Å². The Hall–Kier alpha value is -0.367. The van der Waals surface area contributed by atoms with Gasteiger partial charge in [-0.2, -0.15) is 0 Å². The van der Waals surface area contributed by atoms with E-state index in [0.717, 1.165) is 0 Å². The first-order chi connectivity index (χ1) is 3.55. The normalized spacial score (nSPS) is 8.38. The van der Waals surface area contributed by atoms with Gasteiger partial charge in [0.1, 0.15) is 0 Å². The number of Topliss-reactive ketones (excluding diaryl/α,β-unsaturated/α-hetero) is 1. The summed E-state index contributed by atoms with van der Waals surface area (Å²) in [6.45, 7) is 1.26. The van der Waals surface area contributed by atoms with Gasteiger partial charge in [-0.1, -0.05) is 0 Å². The molecule has 8 heavy (non-hydrogen) atoms. The second kappa shape index (κ2) is 2.82. The molecular weight excluding hydrogens is 161 g/mol. The molecule has 0 rings (SSSR count). The van der Waals surface area contributed by atoms with Crippen molar-refractivity contribution in [3.8, 4) is 0 Å². The van der Waals surface area contributed by atoms with Crippen LogP contribution in [0, 0.1) is 0 Å². The summed E-state index contributed by atoms with van der Waals surface area (Å²) in [4.78, 5) is 20.1. The molecule has 0 unspecified atom stereocenters. The molecule has 0 amide bonds. The minimum absolute atomic E-state index is 0.00463. The van der Waals surface area contributed by atoms with Gasteiger partial charge in [-0.15, -0.1) is 0 Å². The molecule has 0 aliphatic heterocycles. The molecule has 0 heterocycles. The number of carboxylic acid groups (broad SMARTS) is 1. The molecule has 1 N–H and O–H groups in total. The van der Waals surface area contributed by atoms with Crippen LogP contribution in [-0.2, 0) is 27.4 Å². The van der Waals surface area contributed by atoms with E-state index in [2.05, 4.69) is 0 Å². The van der Waals surface area contributed by atoms with Crippen molar-refractivity contribution in [3.05, 3.63) is 0 Å². The van der Waals surface area contributed by atoms with Crippen molar-refractivity contribution in [1.82, 2.24) is 0 Å².